The van der Waals surface area contributed by atoms with Crippen LogP contribution in [0.4, 0.5) is 10.1 Å². The van der Waals surface area contributed by atoms with E-state index >= 15 is 0 Å². The predicted octanol–water partition coefficient (Wildman–Crippen LogP) is 4.19. The molecular formula is C23H22FN3O3. The van der Waals surface area contributed by atoms with Gasteiger partial charge in [0, 0.05) is 24.7 Å². The summed E-state index contributed by atoms with van der Waals surface area (Å²) in [6.07, 6.45) is 3.23. The lowest BCUT2D eigenvalue weighted by Crippen LogP contribution is -2.34. The summed E-state index contributed by atoms with van der Waals surface area (Å²) < 4.78 is 19.7. The van der Waals surface area contributed by atoms with Crippen LogP contribution in [0.1, 0.15) is 64.1 Å². The first kappa shape index (κ1) is 18.8. The molecule has 5 rings (SSSR count). The number of hydrogen-bond acceptors (Lipinski definition) is 5. The van der Waals surface area contributed by atoms with Gasteiger partial charge in [0.1, 0.15) is 5.82 Å². The third-order valence-corrected chi connectivity index (χ3v) is 6.18. The minimum atomic E-state index is -0.322. The second-order valence-electron chi connectivity index (χ2n) is 7.96. The van der Waals surface area contributed by atoms with Crippen LogP contribution in [0.5, 0.6) is 0 Å². The molecular weight excluding hydrogens is 385 g/mol. The first-order valence-electron chi connectivity index (χ1n) is 10.4. The lowest BCUT2D eigenvalue weighted by atomic mass is 9.90. The molecule has 0 aliphatic carbocycles. The van der Waals surface area contributed by atoms with Gasteiger partial charge in [0.25, 0.3) is 11.8 Å². The van der Waals surface area contributed by atoms with Crippen molar-refractivity contribution in [1.82, 2.24) is 10.5 Å². The maximum Gasteiger partial charge on any atom is 0.259 e. The summed E-state index contributed by atoms with van der Waals surface area (Å²) in [5, 5.41) is 7.06. The van der Waals surface area contributed by atoms with Crippen LogP contribution in [-0.2, 0) is 6.42 Å². The quantitative estimate of drug-likeness (QED) is 0.657. The molecule has 7 heteroatoms. The monoisotopic (exact) mass is 407 g/mol. The minimum Gasteiger partial charge on any atom is -0.371 e. The fourth-order valence-corrected chi connectivity index (χ4v) is 4.76. The van der Waals surface area contributed by atoms with E-state index in [-0.39, 0.29) is 23.5 Å². The molecule has 1 aromatic heterocycles. The van der Waals surface area contributed by atoms with Gasteiger partial charge in [0.15, 0.2) is 5.58 Å². The van der Waals surface area contributed by atoms with Gasteiger partial charge in [-0.2, -0.15) is 0 Å². The Morgan fingerprint density at radius 2 is 1.97 bits per heavy atom. The molecule has 0 bridgehead atoms. The topological polar surface area (TPSA) is 75.4 Å². The van der Waals surface area contributed by atoms with Gasteiger partial charge < -0.3 is 9.42 Å². The van der Waals surface area contributed by atoms with Crippen molar-refractivity contribution in [2.75, 3.05) is 18.0 Å². The standard InChI is InChI=1S/C23H22FN3O3/c1-2-4-14-17(8-7-15-19(14)23(29)25-22(15)28)27-11-9-13(10-12-27)21-20-16(24)5-3-6-18(20)30-26-21/h3,5-8,13H,2,4,9-12H2,1H3,(H,25,28,29). The summed E-state index contributed by atoms with van der Waals surface area (Å²) in [4.78, 5) is 26.7. The molecule has 0 atom stereocenters. The molecule has 154 valence electrons. The first-order chi connectivity index (χ1) is 14.6. The van der Waals surface area contributed by atoms with Crippen LogP contribution in [0.3, 0.4) is 0 Å². The molecule has 1 saturated heterocycles. The first-order valence-corrected chi connectivity index (χ1v) is 10.4. The van der Waals surface area contributed by atoms with Crippen LogP contribution in [0.25, 0.3) is 11.0 Å². The van der Waals surface area contributed by atoms with E-state index in [1.807, 2.05) is 6.07 Å². The van der Waals surface area contributed by atoms with Gasteiger partial charge >= 0.3 is 0 Å². The van der Waals surface area contributed by atoms with E-state index < -0.39 is 0 Å². The van der Waals surface area contributed by atoms with Gasteiger partial charge in [-0.3, -0.25) is 14.9 Å². The largest absolute Gasteiger partial charge is 0.371 e. The lowest BCUT2D eigenvalue weighted by molar-refractivity contribution is 0.0879. The number of carbonyl (C=O) groups excluding carboxylic acids is 2. The van der Waals surface area contributed by atoms with Crippen LogP contribution in [0.2, 0.25) is 0 Å². The van der Waals surface area contributed by atoms with Crippen molar-refractivity contribution in [3.05, 3.63) is 58.5 Å². The number of aromatic nitrogens is 1. The number of carbonyl (C=O) groups is 2. The molecule has 0 saturated carbocycles. The third kappa shape index (κ3) is 2.88. The normalized spacial score (nSPS) is 16.9. The summed E-state index contributed by atoms with van der Waals surface area (Å²) in [6.45, 7) is 3.59. The molecule has 1 fully saturated rings. The Hall–Kier alpha value is -3.22. The number of fused-ring (bicyclic) bond motifs is 2. The molecule has 0 spiro atoms. The van der Waals surface area contributed by atoms with Gasteiger partial charge in [-0.15, -0.1) is 0 Å². The smallest absolute Gasteiger partial charge is 0.259 e. The Morgan fingerprint density at radius 1 is 1.17 bits per heavy atom. The molecule has 30 heavy (non-hydrogen) atoms. The average Bonchev–Trinajstić information content (AvgIpc) is 3.31. The van der Waals surface area contributed by atoms with Crippen molar-refractivity contribution in [1.29, 1.82) is 0 Å². The average molecular weight is 407 g/mol. The van der Waals surface area contributed by atoms with Crippen LogP contribution in [0.15, 0.2) is 34.9 Å². The van der Waals surface area contributed by atoms with E-state index in [1.54, 1.807) is 18.2 Å². The molecule has 2 aliphatic rings. The van der Waals surface area contributed by atoms with E-state index in [0.717, 1.165) is 50.0 Å². The Kier molecular flexibility index (Phi) is 4.53. The van der Waals surface area contributed by atoms with Gasteiger partial charge in [-0.1, -0.05) is 24.6 Å². The summed E-state index contributed by atoms with van der Waals surface area (Å²) in [5.74, 6) is -0.809. The van der Waals surface area contributed by atoms with Gasteiger partial charge in [0.05, 0.1) is 22.2 Å². The lowest BCUT2D eigenvalue weighted by Gasteiger charge is -2.34. The van der Waals surface area contributed by atoms with Gasteiger partial charge in [-0.25, -0.2) is 4.39 Å². The fourth-order valence-electron chi connectivity index (χ4n) is 4.76. The van der Waals surface area contributed by atoms with E-state index in [4.69, 9.17) is 4.52 Å². The zero-order valence-corrected chi connectivity index (χ0v) is 16.7. The fraction of sp³-hybridized carbons (Fsp3) is 0.348. The number of imide groups is 1. The third-order valence-electron chi connectivity index (χ3n) is 6.18. The van der Waals surface area contributed by atoms with Crippen molar-refractivity contribution in [3.63, 3.8) is 0 Å². The van der Waals surface area contributed by atoms with E-state index in [9.17, 15) is 14.0 Å². The summed E-state index contributed by atoms with van der Waals surface area (Å²) in [5.41, 5.74) is 4.10. The number of anilines is 1. The molecule has 2 amide bonds. The van der Waals surface area contributed by atoms with E-state index in [2.05, 4.69) is 22.3 Å². The number of benzene rings is 2. The van der Waals surface area contributed by atoms with E-state index in [1.165, 1.54) is 6.07 Å². The van der Waals surface area contributed by atoms with Crippen LogP contribution in [0, 0.1) is 5.82 Å². The second kappa shape index (κ2) is 7.23. The highest BCUT2D eigenvalue weighted by molar-refractivity contribution is 6.22. The number of nitrogens with one attached hydrogen (secondary N) is 1. The number of amides is 2. The highest BCUT2D eigenvalue weighted by Crippen LogP contribution is 2.37. The molecule has 0 radical (unpaired) electrons. The Morgan fingerprint density at radius 3 is 2.73 bits per heavy atom. The van der Waals surface area contributed by atoms with Crippen LogP contribution in [-0.4, -0.2) is 30.1 Å². The molecule has 3 aromatic rings. The maximum absolute atomic E-state index is 14.3. The SMILES string of the molecule is CCCc1c(N2CCC(c3noc4cccc(F)c34)CC2)ccc2c1C(=O)NC2=O. The van der Waals surface area contributed by atoms with Crippen molar-refractivity contribution in [2.45, 2.75) is 38.5 Å². The molecule has 6 nitrogen and oxygen atoms in total. The van der Waals surface area contributed by atoms with Crippen LogP contribution >= 0.6 is 0 Å². The summed E-state index contributed by atoms with van der Waals surface area (Å²) >= 11 is 0. The maximum atomic E-state index is 14.3. The molecule has 2 aliphatic heterocycles. The van der Waals surface area contributed by atoms with E-state index in [0.29, 0.717) is 27.8 Å². The Balaban J connectivity index is 1.43. The van der Waals surface area contributed by atoms with Gasteiger partial charge in [-0.05, 0) is 49.1 Å². The Labute approximate surface area is 173 Å². The van der Waals surface area contributed by atoms with Gasteiger partial charge in [0.2, 0.25) is 0 Å². The highest BCUT2D eigenvalue weighted by atomic mass is 19.1. The van der Waals surface area contributed by atoms with Crippen LogP contribution < -0.4 is 10.2 Å². The Bertz CT molecular complexity index is 1160. The van der Waals surface area contributed by atoms with Crippen molar-refractivity contribution in [2.24, 2.45) is 0 Å². The number of halogens is 1. The number of piperidine rings is 1. The molecule has 0 unspecified atom stereocenters. The predicted molar refractivity (Wildman–Crippen MR) is 110 cm³/mol. The zero-order valence-electron chi connectivity index (χ0n) is 16.7. The summed E-state index contributed by atoms with van der Waals surface area (Å²) in [7, 11) is 0. The highest BCUT2D eigenvalue weighted by Gasteiger charge is 2.33. The van der Waals surface area contributed by atoms with Crippen molar-refractivity contribution < 1.29 is 18.5 Å². The number of nitrogens with zero attached hydrogens (tertiary/aromatic N) is 2. The zero-order chi connectivity index (χ0) is 20.8. The number of hydrogen-bond donors (Lipinski definition) is 1. The van der Waals surface area contributed by atoms with Crippen molar-refractivity contribution >= 4 is 28.5 Å². The molecule has 3 heterocycles. The van der Waals surface area contributed by atoms with Crippen molar-refractivity contribution in [3.8, 4) is 0 Å². The molecule has 2 aromatic carbocycles. The second-order valence-corrected chi connectivity index (χ2v) is 7.96. The number of rotatable bonds is 4. The summed E-state index contributed by atoms with van der Waals surface area (Å²) in [6, 6.07) is 8.49. The minimum absolute atomic E-state index is 0.119. The molecule has 1 N–H and O–H groups in total.